The molecule has 1 heterocycles. The van der Waals surface area contributed by atoms with Gasteiger partial charge in [0.05, 0.1) is 11.4 Å². The molecule has 0 saturated carbocycles. The van der Waals surface area contributed by atoms with Gasteiger partial charge >= 0.3 is 0 Å². The van der Waals surface area contributed by atoms with E-state index in [0.717, 1.165) is 67.2 Å². The molecule has 0 aliphatic carbocycles. The van der Waals surface area contributed by atoms with Crippen molar-refractivity contribution < 1.29 is 4.42 Å². The Morgan fingerprint density at radius 1 is 0.322 bits per heavy atom. The Labute approximate surface area is 345 Å². The van der Waals surface area contributed by atoms with Gasteiger partial charge in [0.15, 0.2) is 0 Å². The molecular formula is C57H41NO. The van der Waals surface area contributed by atoms with E-state index in [-0.39, 0.29) is 0 Å². The highest BCUT2D eigenvalue weighted by Crippen LogP contribution is 2.45. The van der Waals surface area contributed by atoms with E-state index in [4.69, 9.17) is 4.42 Å². The number of fused-ring (bicyclic) bond motifs is 1. The molecule has 0 fully saturated rings. The first-order valence-corrected chi connectivity index (χ1v) is 20.2. The van der Waals surface area contributed by atoms with Crippen molar-refractivity contribution in [2.24, 2.45) is 0 Å². The standard InChI is InChI=1S/C57H41NO/c1-40-51-21-10-13-26-56(51)59-57(40)49-20-14-19-48(39-49)45-29-27-43(28-30-45)44-35-37-50(38-36-44)58(54-24-11-8-22-52(54)46-17-6-3-7-18-46)55-25-12-9-23-53(55)47-33-31-42(32-34-47)41-15-4-2-5-16-41/h2-39H,1H3. The zero-order valence-corrected chi connectivity index (χ0v) is 32.8. The Balaban J connectivity index is 1.00. The van der Waals surface area contributed by atoms with Gasteiger partial charge in [-0.05, 0) is 87.8 Å². The van der Waals surface area contributed by atoms with Crippen molar-refractivity contribution in [3.8, 4) is 67.0 Å². The molecular weight excluding hydrogens is 715 g/mol. The van der Waals surface area contributed by atoms with Gasteiger partial charge in [-0.1, -0.05) is 194 Å². The fourth-order valence-corrected chi connectivity index (χ4v) is 8.27. The van der Waals surface area contributed by atoms with Crippen LogP contribution in [0.2, 0.25) is 0 Å². The number of benzene rings is 9. The van der Waals surface area contributed by atoms with Crippen LogP contribution in [0.1, 0.15) is 5.56 Å². The minimum Gasteiger partial charge on any atom is -0.456 e. The maximum atomic E-state index is 6.31. The largest absolute Gasteiger partial charge is 0.456 e. The lowest BCUT2D eigenvalue weighted by Gasteiger charge is -2.30. The van der Waals surface area contributed by atoms with Crippen molar-refractivity contribution >= 4 is 28.0 Å². The summed E-state index contributed by atoms with van der Waals surface area (Å²) in [7, 11) is 0. The van der Waals surface area contributed by atoms with Crippen molar-refractivity contribution in [2.75, 3.05) is 4.90 Å². The number of hydrogen-bond donors (Lipinski definition) is 0. The van der Waals surface area contributed by atoms with Crippen molar-refractivity contribution in [2.45, 2.75) is 6.92 Å². The lowest BCUT2D eigenvalue weighted by molar-refractivity contribution is 0.629. The molecule has 2 heteroatoms. The number of aryl methyl sites for hydroxylation is 1. The molecule has 0 N–H and O–H groups in total. The minimum atomic E-state index is 0.919. The highest BCUT2D eigenvalue weighted by Gasteiger charge is 2.21. The molecule has 0 spiro atoms. The van der Waals surface area contributed by atoms with Crippen LogP contribution in [0, 0.1) is 6.92 Å². The molecule has 0 atom stereocenters. The molecule has 10 aromatic rings. The lowest BCUT2D eigenvalue weighted by Crippen LogP contribution is -2.12. The van der Waals surface area contributed by atoms with Gasteiger partial charge in [-0.25, -0.2) is 0 Å². The smallest absolute Gasteiger partial charge is 0.138 e. The van der Waals surface area contributed by atoms with E-state index in [2.05, 4.69) is 230 Å². The molecule has 0 aliphatic rings. The second kappa shape index (κ2) is 15.7. The maximum absolute atomic E-state index is 6.31. The molecule has 0 bridgehead atoms. The van der Waals surface area contributed by atoms with E-state index < -0.39 is 0 Å². The van der Waals surface area contributed by atoms with Crippen LogP contribution in [0.15, 0.2) is 235 Å². The highest BCUT2D eigenvalue weighted by molar-refractivity contribution is 5.94. The molecule has 2 nitrogen and oxygen atoms in total. The van der Waals surface area contributed by atoms with E-state index in [0.29, 0.717) is 0 Å². The number of anilines is 3. The molecule has 10 rings (SSSR count). The maximum Gasteiger partial charge on any atom is 0.138 e. The van der Waals surface area contributed by atoms with Crippen LogP contribution < -0.4 is 4.90 Å². The van der Waals surface area contributed by atoms with Crippen LogP contribution in [0.3, 0.4) is 0 Å². The number of rotatable bonds is 9. The van der Waals surface area contributed by atoms with Crippen LogP contribution in [0.4, 0.5) is 17.1 Å². The third-order valence-corrected chi connectivity index (χ3v) is 11.3. The summed E-state index contributed by atoms with van der Waals surface area (Å²) in [6.07, 6.45) is 0. The van der Waals surface area contributed by atoms with E-state index >= 15 is 0 Å². The average Bonchev–Trinajstić information content (AvgIpc) is 3.66. The van der Waals surface area contributed by atoms with E-state index in [9.17, 15) is 0 Å². The summed E-state index contributed by atoms with van der Waals surface area (Å²) in [5.74, 6) is 0.925. The van der Waals surface area contributed by atoms with Gasteiger partial charge in [-0.2, -0.15) is 0 Å². The zero-order chi connectivity index (χ0) is 39.5. The van der Waals surface area contributed by atoms with Crippen LogP contribution in [-0.4, -0.2) is 0 Å². The van der Waals surface area contributed by atoms with Crippen LogP contribution in [-0.2, 0) is 0 Å². The molecule has 0 saturated heterocycles. The van der Waals surface area contributed by atoms with Gasteiger partial charge in [0.1, 0.15) is 11.3 Å². The summed E-state index contributed by atoms with van der Waals surface area (Å²) in [4.78, 5) is 2.41. The number of hydrogen-bond acceptors (Lipinski definition) is 2. The predicted molar refractivity (Wildman–Crippen MR) is 248 cm³/mol. The Hall–Kier alpha value is -7.68. The fraction of sp³-hybridized carbons (Fsp3) is 0.0175. The van der Waals surface area contributed by atoms with E-state index in [1.807, 2.05) is 12.1 Å². The zero-order valence-electron chi connectivity index (χ0n) is 32.8. The first-order chi connectivity index (χ1) is 29.2. The Bertz CT molecular complexity index is 3020. The first kappa shape index (κ1) is 35.7. The topological polar surface area (TPSA) is 16.4 Å². The highest BCUT2D eigenvalue weighted by atomic mass is 16.3. The molecule has 9 aromatic carbocycles. The molecule has 1 aromatic heterocycles. The quantitative estimate of drug-likeness (QED) is 0.146. The monoisotopic (exact) mass is 755 g/mol. The molecule has 0 unspecified atom stereocenters. The van der Waals surface area contributed by atoms with Crippen LogP contribution in [0.5, 0.6) is 0 Å². The van der Waals surface area contributed by atoms with E-state index in [1.165, 1.54) is 33.4 Å². The Morgan fingerprint density at radius 2 is 0.729 bits per heavy atom. The number of nitrogens with zero attached hydrogens (tertiary/aromatic N) is 1. The molecule has 0 radical (unpaired) electrons. The van der Waals surface area contributed by atoms with E-state index in [1.54, 1.807) is 0 Å². The summed E-state index contributed by atoms with van der Waals surface area (Å²) in [6, 6.07) is 82.4. The molecule has 0 aliphatic heterocycles. The van der Waals surface area contributed by atoms with Crippen molar-refractivity contribution in [1.29, 1.82) is 0 Å². The Kier molecular flexibility index (Phi) is 9.50. The normalized spacial score (nSPS) is 11.1. The number of furan rings is 1. The predicted octanol–water partition coefficient (Wildman–Crippen LogP) is 16.2. The number of para-hydroxylation sites is 3. The molecule has 280 valence electrons. The average molecular weight is 756 g/mol. The van der Waals surface area contributed by atoms with Gasteiger partial charge in [0, 0.05) is 33.3 Å². The third-order valence-electron chi connectivity index (χ3n) is 11.3. The van der Waals surface area contributed by atoms with Crippen LogP contribution >= 0.6 is 0 Å². The molecule has 59 heavy (non-hydrogen) atoms. The second-order valence-electron chi connectivity index (χ2n) is 14.9. The van der Waals surface area contributed by atoms with Gasteiger partial charge in [0.2, 0.25) is 0 Å². The summed E-state index contributed by atoms with van der Waals surface area (Å²) in [6.45, 7) is 2.14. The summed E-state index contributed by atoms with van der Waals surface area (Å²) >= 11 is 0. The SMILES string of the molecule is Cc1c(-c2cccc(-c3ccc(-c4ccc(N(c5ccccc5-c5ccccc5)c5ccccc5-c5ccc(-c6ccccc6)cc5)cc4)cc3)c2)oc2ccccc12. The minimum absolute atomic E-state index is 0.919. The van der Waals surface area contributed by atoms with Gasteiger partial charge < -0.3 is 9.32 Å². The van der Waals surface area contributed by atoms with Gasteiger partial charge in [0.25, 0.3) is 0 Å². The fourth-order valence-electron chi connectivity index (χ4n) is 8.27. The first-order valence-electron chi connectivity index (χ1n) is 20.2. The summed E-state index contributed by atoms with van der Waals surface area (Å²) in [5, 5.41) is 1.16. The summed E-state index contributed by atoms with van der Waals surface area (Å²) in [5.41, 5.74) is 18.2. The van der Waals surface area contributed by atoms with Crippen molar-refractivity contribution in [3.63, 3.8) is 0 Å². The van der Waals surface area contributed by atoms with Crippen molar-refractivity contribution in [3.05, 3.63) is 236 Å². The lowest BCUT2D eigenvalue weighted by atomic mass is 9.96. The van der Waals surface area contributed by atoms with Crippen LogP contribution in [0.25, 0.3) is 77.9 Å². The van der Waals surface area contributed by atoms with Gasteiger partial charge in [-0.3, -0.25) is 0 Å². The molecule has 0 amide bonds. The van der Waals surface area contributed by atoms with Crippen molar-refractivity contribution in [1.82, 2.24) is 0 Å². The summed E-state index contributed by atoms with van der Waals surface area (Å²) < 4.78 is 6.31. The third kappa shape index (κ3) is 7.03. The Morgan fingerprint density at radius 3 is 1.32 bits per heavy atom. The second-order valence-corrected chi connectivity index (χ2v) is 14.9. The van der Waals surface area contributed by atoms with Gasteiger partial charge in [-0.15, -0.1) is 0 Å².